The van der Waals surface area contributed by atoms with Crippen LogP contribution in [0.5, 0.6) is 11.5 Å². The summed E-state index contributed by atoms with van der Waals surface area (Å²) >= 11 is 0. The van der Waals surface area contributed by atoms with Gasteiger partial charge in [0.25, 0.3) is 0 Å². The Labute approximate surface area is 560 Å². The standard InChI is InChI=1S/C86H48N8O.Pt/c1-5-25-51(26-6-1)89-67-39-19-13-33-59(67)75-79(89)73-57-47-45-55(49-63(57)85-87-65-37-17-23-43-71(65)93(85)83(73)77-61-35-15-21-41-69(61)91(81(75)77)53-29-9-3-10-30-53)95-56-46-48-58-64(50-56)86-88-66-38-18-24-44-72(66)94(86)84-74(58)80-76(60-34-14-20-40-68(60)90(80)52-27-7-2-8-28-52)82-78(84)62-36-16-22-42-70(62)92(82)54-31-11-4-12-32-54;/h1-48H;/q-2;+2. The maximum absolute atomic E-state index is 7.28. The fourth-order valence-electron chi connectivity index (χ4n) is 16.5. The molecule has 8 aromatic heterocycles. The molecule has 0 saturated carbocycles. The molecule has 22 aromatic rings. The first-order valence-electron chi connectivity index (χ1n) is 32.3. The van der Waals surface area contributed by atoms with Gasteiger partial charge in [-0.1, -0.05) is 216 Å². The van der Waals surface area contributed by atoms with Crippen LogP contribution in [0.1, 0.15) is 0 Å². The van der Waals surface area contributed by atoms with Gasteiger partial charge in [0.15, 0.2) is 0 Å². The molecule has 10 heteroatoms. The van der Waals surface area contributed by atoms with Crippen LogP contribution in [-0.4, -0.2) is 37.0 Å². The average molecular weight is 1400 g/mol. The minimum atomic E-state index is 0. The van der Waals surface area contributed by atoms with E-state index in [1.165, 1.54) is 0 Å². The van der Waals surface area contributed by atoms with Gasteiger partial charge >= 0.3 is 21.1 Å². The van der Waals surface area contributed by atoms with E-state index in [0.29, 0.717) is 11.5 Å². The van der Waals surface area contributed by atoms with Crippen LogP contribution in [0.2, 0.25) is 0 Å². The number of pyridine rings is 2. The molecular formula is C86H48N8OPt. The molecule has 14 aromatic carbocycles. The predicted octanol–water partition coefficient (Wildman–Crippen LogP) is 21.7. The zero-order valence-electron chi connectivity index (χ0n) is 51.0. The van der Waals surface area contributed by atoms with Crippen molar-refractivity contribution in [2.45, 2.75) is 0 Å². The summed E-state index contributed by atoms with van der Waals surface area (Å²) in [6.07, 6.45) is 0. The van der Waals surface area contributed by atoms with Gasteiger partial charge in [-0.05, 0) is 108 Å². The molecule has 22 rings (SSSR count). The molecule has 0 spiro atoms. The van der Waals surface area contributed by atoms with Crippen molar-refractivity contribution in [1.29, 1.82) is 0 Å². The van der Waals surface area contributed by atoms with Crippen LogP contribution in [-0.2, 0) is 21.1 Å². The predicted molar refractivity (Wildman–Crippen MR) is 391 cm³/mol. The van der Waals surface area contributed by atoms with Crippen molar-refractivity contribution in [2.24, 2.45) is 0 Å². The van der Waals surface area contributed by atoms with Crippen LogP contribution in [0.4, 0.5) is 0 Å². The van der Waals surface area contributed by atoms with Gasteiger partial charge in [-0.15, -0.1) is 12.1 Å². The summed E-state index contributed by atoms with van der Waals surface area (Å²) in [5.41, 5.74) is 20.8. The van der Waals surface area contributed by atoms with E-state index < -0.39 is 0 Å². The first-order chi connectivity index (χ1) is 47.2. The number of ether oxygens (including phenoxy) is 1. The Hall–Kier alpha value is -12.3. The normalized spacial score (nSPS) is 12.3. The molecule has 0 saturated heterocycles. The number of para-hydroxylation sites is 12. The second-order valence-electron chi connectivity index (χ2n) is 24.9. The van der Waals surface area contributed by atoms with Crippen molar-refractivity contribution in [3.05, 3.63) is 303 Å². The number of rotatable bonds is 6. The molecule has 8 heterocycles. The molecule has 0 bridgehead atoms. The molecule has 0 atom stereocenters. The topological polar surface area (TPSA) is 63.5 Å². The second kappa shape index (κ2) is 19.9. The van der Waals surface area contributed by atoms with Crippen molar-refractivity contribution in [3.8, 4) is 34.2 Å². The van der Waals surface area contributed by atoms with E-state index in [4.69, 9.17) is 14.7 Å². The second-order valence-corrected chi connectivity index (χ2v) is 24.9. The summed E-state index contributed by atoms with van der Waals surface area (Å²) in [7, 11) is 0. The molecule has 0 amide bonds. The van der Waals surface area contributed by atoms with Gasteiger partial charge < -0.3 is 31.8 Å². The van der Waals surface area contributed by atoms with Gasteiger partial charge in [0.1, 0.15) is 0 Å². The van der Waals surface area contributed by atoms with Gasteiger partial charge in [0.2, 0.25) is 0 Å². The summed E-state index contributed by atoms with van der Waals surface area (Å²) in [5.74, 6) is 1.07. The van der Waals surface area contributed by atoms with E-state index in [9.17, 15) is 0 Å². The largest absolute Gasteiger partial charge is 2.00 e. The Bertz CT molecular complexity index is 6670. The van der Waals surface area contributed by atoms with Crippen LogP contribution >= 0.6 is 0 Å². The number of aromatic nitrogens is 8. The van der Waals surface area contributed by atoms with E-state index in [0.717, 1.165) is 187 Å². The zero-order valence-corrected chi connectivity index (χ0v) is 53.3. The average Bonchev–Trinajstić information content (AvgIpc) is 1.49. The molecular weight excluding hydrogens is 1360 g/mol. The van der Waals surface area contributed by atoms with Crippen LogP contribution in [0.15, 0.2) is 291 Å². The van der Waals surface area contributed by atoms with Gasteiger partial charge in [0.05, 0.1) is 77.5 Å². The van der Waals surface area contributed by atoms with E-state index in [1.807, 2.05) is 0 Å². The van der Waals surface area contributed by atoms with E-state index >= 15 is 0 Å². The number of imidazole rings is 2. The molecule has 0 aliphatic carbocycles. The van der Waals surface area contributed by atoms with Crippen molar-refractivity contribution in [3.63, 3.8) is 0 Å². The smallest absolute Gasteiger partial charge is 0.497 e. The van der Waals surface area contributed by atoms with Crippen LogP contribution in [0, 0.1) is 12.1 Å². The summed E-state index contributed by atoms with van der Waals surface area (Å²) in [5, 5.41) is 15.2. The molecule has 9 nitrogen and oxygen atoms in total. The molecule has 96 heavy (non-hydrogen) atoms. The zero-order chi connectivity index (χ0) is 61.7. The maximum atomic E-state index is 7.28. The Kier molecular flexibility index (Phi) is 11.0. The molecule has 0 unspecified atom stereocenters. The number of hydrogen-bond donors (Lipinski definition) is 0. The van der Waals surface area contributed by atoms with Gasteiger partial charge in [-0.3, -0.25) is 9.97 Å². The van der Waals surface area contributed by atoms with Crippen molar-refractivity contribution in [1.82, 2.24) is 37.0 Å². The van der Waals surface area contributed by atoms with Crippen molar-refractivity contribution in [2.75, 3.05) is 0 Å². The number of fused-ring (bicyclic) bond motifs is 34. The fourth-order valence-corrected chi connectivity index (χ4v) is 16.5. The Morgan fingerprint density at radius 3 is 0.823 bits per heavy atom. The third-order valence-electron chi connectivity index (χ3n) is 20.1. The summed E-state index contributed by atoms with van der Waals surface area (Å²) in [6.45, 7) is 0. The van der Waals surface area contributed by atoms with Crippen LogP contribution in [0.25, 0.3) is 187 Å². The van der Waals surface area contributed by atoms with E-state index in [2.05, 4.69) is 330 Å². The summed E-state index contributed by atoms with van der Waals surface area (Å²) < 4.78 is 22.0. The van der Waals surface area contributed by atoms with Gasteiger partial charge in [-0.25, -0.2) is 0 Å². The van der Waals surface area contributed by atoms with E-state index in [1.54, 1.807) is 0 Å². The molecule has 0 N–H and O–H groups in total. The fraction of sp³-hybridized carbons (Fsp3) is 0. The minimum absolute atomic E-state index is 0. The Morgan fingerprint density at radius 1 is 0.240 bits per heavy atom. The quantitative estimate of drug-likeness (QED) is 0.123. The molecule has 0 aliphatic heterocycles. The summed E-state index contributed by atoms with van der Waals surface area (Å²) in [6, 6.07) is 112. The van der Waals surface area contributed by atoms with E-state index in [-0.39, 0.29) is 21.1 Å². The maximum Gasteiger partial charge on any atom is 2.00 e. The van der Waals surface area contributed by atoms with Gasteiger partial charge in [-0.2, -0.15) is 0 Å². The first kappa shape index (κ1) is 53.2. The first-order valence-corrected chi connectivity index (χ1v) is 32.3. The Balaban J connectivity index is 0.00000612. The summed E-state index contributed by atoms with van der Waals surface area (Å²) in [4.78, 5) is 11.2. The van der Waals surface area contributed by atoms with Crippen molar-refractivity contribution < 1.29 is 25.8 Å². The minimum Gasteiger partial charge on any atom is -0.497 e. The van der Waals surface area contributed by atoms with Crippen LogP contribution < -0.4 is 4.74 Å². The Morgan fingerprint density at radius 2 is 0.500 bits per heavy atom. The number of benzene rings is 14. The molecule has 0 radical (unpaired) electrons. The SMILES string of the molecule is [Pt+2].[c-]1c(Oc2[c-]c3c(cc2)c2c4c(c5ccccc5n4-c4ccccc4)c4c(c5ccccc5n4-c4ccccc4)c2n2c4ccccc4nc32)ccc2c1c1nc3ccccc3n1c1c2c2c(c3ccccc3n2-c2ccccc2)c2c1c1ccccc1n2-c1ccccc1. The van der Waals surface area contributed by atoms with Crippen molar-refractivity contribution >= 4 is 164 Å². The molecule has 448 valence electrons. The third-order valence-corrected chi connectivity index (χ3v) is 20.1. The monoisotopic (exact) mass is 1400 g/mol. The number of nitrogens with zero attached hydrogens (tertiary/aromatic N) is 8. The van der Waals surface area contributed by atoms with Gasteiger partial charge in [0, 0.05) is 88.4 Å². The van der Waals surface area contributed by atoms with Crippen LogP contribution in [0.3, 0.4) is 0 Å². The number of hydrogen-bond acceptors (Lipinski definition) is 3. The molecule has 0 fully saturated rings. The third kappa shape index (κ3) is 7.00. The molecule has 0 aliphatic rings.